The van der Waals surface area contributed by atoms with Gasteiger partial charge in [-0.15, -0.1) is 0 Å². The molecule has 1 unspecified atom stereocenters. The Morgan fingerprint density at radius 1 is 1.38 bits per heavy atom. The van der Waals surface area contributed by atoms with Crippen LogP contribution in [-0.2, 0) is 4.79 Å². The molecule has 1 aliphatic rings. The highest BCUT2D eigenvalue weighted by molar-refractivity contribution is 5.76. The summed E-state index contributed by atoms with van der Waals surface area (Å²) in [7, 11) is 0. The molecule has 3 heteroatoms. The predicted molar refractivity (Wildman–Crippen MR) is 60.5 cm³/mol. The van der Waals surface area contributed by atoms with Gasteiger partial charge in [-0.3, -0.25) is 4.79 Å². The van der Waals surface area contributed by atoms with Gasteiger partial charge in [-0.2, -0.15) is 0 Å². The van der Waals surface area contributed by atoms with Crippen molar-refractivity contribution in [1.29, 1.82) is 0 Å². The smallest absolute Gasteiger partial charge is 0.220 e. The average molecular weight is 221 g/mol. The van der Waals surface area contributed by atoms with Gasteiger partial charge in [-0.05, 0) is 37.0 Å². The summed E-state index contributed by atoms with van der Waals surface area (Å²) in [5, 5.41) is 2.94. The van der Waals surface area contributed by atoms with E-state index in [2.05, 4.69) is 5.32 Å². The molecule has 1 heterocycles. The molecule has 2 rings (SSSR count). The molecule has 1 fully saturated rings. The molecule has 0 spiro atoms. The molecule has 2 nitrogen and oxygen atoms in total. The van der Waals surface area contributed by atoms with Crippen molar-refractivity contribution in [2.75, 3.05) is 0 Å². The van der Waals surface area contributed by atoms with Gasteiger partial charge in [0.2, 0.25) is 5.91 Å². The quantitative estimate of drug-likeness (QED) is 0.776. The molecule has 1 aliphatic heterocycles. The molecule has 0 aromatic heterocycles. The summed E-state index contributed by atoms with van der Waals surface area (Å²) >= 11 is 0. The van der Waals surface area contributed by atoms with Gasteiger partial charge in [0.25, 0.3) is 0 Å². The lowest BCUT2D eigenvalue weighted by atomic mass is 10.0. The molecule has 0 saturated carbocycles. The Balaban J connectivity index is 2.21. The monoisotopic (exact) mass is 221 g/mol. The second kappa shape index (κ2) is 4.64. The molecule has 1 aromatic carbocycles. The maximum Gasteiger partial charge on any atom is 0.220 e. The maximum absolute atomic E-state index is 13.4. The van der Waals surface area contributed by atoms with Crippen molar-refractivity contribution in [3.63, 3.8) is 0 Å². The summed E-state index contributed by atoms with van der Waals surface area (Å²) in [5.74, 6) is -0.125. The number of amides is 1. The highest BCUT2D eigenvalue weighted by atomic mass is 19.1. The topological polar surface area (TPSA) is 29.1 Å². The number of hydrogen-bond acceptors (Lipinski definition) is 1. The molecule has 0 aliphatic carbocycles. The zero-order valence-electron chi connectivity index (χ0n) is 9.42. The van der Waals surface area contributed by atoms with Crippen molar-refractivity contribution in [3.8, 4) is 0 Å². The summed E-state index contributed by atoms with van der Waals surface area (Å²) in [5.41, 5.74) is 1.52. The van der Waals surface area contributed by atoms with E-state index in [0.29, 0.717) is 12.0 Å². The van der Waals surface area contributed by atoms with Crippen LogP contribution in [0.3, 0.4) is 0 Å². The fourth-order valence-electron chi connectivity index (χ4n) is 2.05. The first kappa shape index (κ1) is 11.1. The van der Waals surface area contributed by atoms with E-state index in [1.807, 2.05) is 6.07 Å². The number of rotatable bonds is 1. The van der Waals surface area contributed by atoms with Crippen LogP contribution >= 0.6 is 0 Å². The number of carbonyl (C=O) groups is 1. The fourth-order valence-corrected chi connectivity index (χ4v) is 2.05. The third-order valence-electron chi connectivity index (χ3n) is 3.08. The normalized spacial score (nSPS) is 21.4. The van der Waals surface area contributed by atoms with Gasteiger partial charge in [-0.1, -0.05) is 18.6 Å². The first-order chi connectivity index (χ1) is 7.66. The number of benzene rings is 1. The Morgan fingerprint density at radius 2 is 2.19 bits per heavy atom. The third-order valence-corrected chi connectivity index (χ3v) is 3.08. The number of hydrogen-bond donors (Lipinski definition) is 1. The van der Waals surface area contributed by atoms with Gasteiger partial charge >= 0.3 is 0 Å². The summed E-state index contributed by atoms with van der Waals surface area (Å²) in [4.78, 5) is 11.4. The lowest BCUT2D eigenvalue weighted by molar-refractivity contribution is -0.121. The van der Waals surface area contributed by atoms with Crippen molar-refractivity contribution >= 4 is 5.91 Å². The van der Waals surface area contributed by atoms with E-state index in [-0.39, 0.29) is 17.8 Å². The van der Waals surface area contributed by atoms with Crippen LogP contribution in [0, 0.1) is 12.7 Å². The molecule has 16 heavy (non-hydrogen) atoms. The Labute approximate surface area is 94.9 Å². The van der Waals surface area contributed by atoms with E-state index in [0.717, 1.165) is 24.8 Å². The maximum atomic E-state index is 13.4. The molecule has 1 saturated heterocycles. The molecule has 1 aromatic rings. The Hall–Kier alpha value is -1.38. The highest BCUT2D eigenvalue weighted by Crippen LogP contribution is 2.24. The van der Waals surface area contributed by atoms with Crippen LogP contribution < -0.4 is 5.32 Å². The first-order valence-electron chi connectivity index (χ1n) is 5.72. The average Bonchev–Trinajstić information content (AvgIpc) is 2.47. The third kappa shape index (κ3) is 2.40. The van der Waals surface area contributed by atoms with Gasteiger partial charge in [0.05, 0.1) is 6.04 Å². The van der Waals surface area contributed by atoms with Crippen molar-refractivity contribution in [2.45, 2.75) is 38.6 Å². The summed E-state index contributed by atoms with van der Waals surface area (Å²) < 4.78 is 13.4. The van der Waals surface area contributed by atoms with Crippen LogP contribution in [0.2, 0.25) is 0 Å². The molecule has 0 radical (unpaired) electrons. The molecular formula is C13H16FNO. The Kier molecular flexibility index (Phi) is 3.22. The molecule has 86 valence electrons. The number of carbonyl (C=O) groups excluding carboxylic acids is 1. The Bertz CT molecular complexity index is 403. The summed E-state index contributed by atoms with van der Waals surface area (Å²) in [6.07, 6.45) is 3.43. The number of halogens is 1. The molecule has 1 atom stereocenters. The van der Waals surface area contributed by atoms with Crippen LogP contribution in [0.1, 0.15) is 42.9 Å². The molecule has 1 N–H and O–H groups in total. The van der Waals surface area contributed by atoms with Crippen molar-refractivity contribution in [1.82, 2.24) is 5.32 Å². The van der Waals surface area contributed by atoms with Gasteiger partial charge < -0.3 is 5.32 Å². The predicted octanol–water partition coefficient (Wildman–Crippen LogP) is 2.87. The minimum absolute atomic E-state index is 0.0231. The largest absolute Gasteiger partial charge is 0.349 e. The highest BCUT2D eigenvalue weighted by Gasteiger charge is 2.18. The second-order valence-corrected chi connectivity index (χ2v) is 4.37. The van der Waals surface area contributed by atoms with Crippen LogP contribution in [-0.4, -0.2) is 5.91 Å². The van der Waals surface area contributed by atoms with Gasteiger partial charge in [-0.25, -0.2) is 4.39 Å². The van der Waals surface area contributed by atoms with Gasteiger partial charge in [0.15, 0.2) is 0 Å². The number of nitrogens with one attached hydrogen (secondary N) is 1. The number of aryl methyl sites for hydroxylation is 1. The van der Waals surface area contributed by atoms with E-state index in [1.165, 1.54) is 6.07 Å². The lowest BCUT2D eigenvalue weighted by Crippen LogP contribution is -2.26. The minimum Gasteiger partial charge on any atom is -0.349 e. The Morgan fingerprint density at radius 3 is 2.94 bits per heavy atom. The van der Waals surface area contributed by atoms with E-state index in [1.54, 1.807) is 13.0 Å². The van der Waals surface area contributed by atoms with E-state index in [4.69, 9.17) is 0 Å². The first-order valence-corrected chi connectivity index (χ1v) is 5.72. The lowest BCUT2D eigenvalue weighted by Gasteiger charge is -2.16. The molecule has 0 bridgehead atoms. The SMILES string of the molecule is Cc1ccc(C2CCCCC(=O)N2)cc1F. The van der Waals surface area contributed by atoms with Crippen LogP contribution in [0.5, 0.6) is 0 Å². The van der Waals surface area contributed by atoms with Crippen LogP contribution in [0.25, 0.3) is 0 Å². The minimum atomic E-state index is -0.198. The van der Waals surface area contributed by atoms with Crippen molar-refractivity contribution in [3.05, 3.63) is 35.1 Å². The van der Waals surface area contributed by atoms with Gasteiger partial charge in [0.1, 0.15) is 5.82 Å². The summed E-state index contributed by atoms with van der Waals surface area (Å²) in [6.45, 7) is 1.74. The zero-order valence-corrected chi connectivity index (χ0v) is 9.42. The molecular weight excluding hydrogens is 205 g/mol. The van der Waals surface area contributed by atoms with Crippen LogP contribution in [0.15, 0.2) is 18.2 Å². The standard InChI is InChI=1S/C13H16FNO/c1-9-6-7-10(8-11(9)14)12-4-2-3-5-13(16)15-12/h6-8,12H,2-5H2,1H3,(H,15,16). The molecule has 1 amide bonds. The zero-order chi connectivity index (χ0) is 11.5. The van der Waals surface area contributed by atoms with Crippen LogP contribution in [0.4, 0.5) is 4.39 Å². The van der Waals surface area contributed by atoms with Crippen molar-refractivity contribution < 1.29 is 9.18 Å². The van der Waals surface area contributed by atoms with Gasteiger partial charge in [0, 0.05) is 6.42 Å². The second-order valence-electron chi connectivity index (χ2n) is 4.37. The van der Waals surface area contributed by atoms with E-state index < -0.39 is 0 Å². The van der Waals surface area contributed by atoms with E-state index in [9.17, 15) is 9.18 Å². The van der Waals surface area contributed by atoms with Crippen molar-refractivity contribution in [2.24, 2.45) is 0 Å². The fraction of sp³-hybridized carbons (Fsp3) is 0.462. The summed E-state index contributed by atoms with van der Waals surface area (Å²) in [6, 6.07) is 5.17. The van der Waals surface area contributed by atoms with E-state index >= 15 is 0 Å².